The molecule has 0 saturated carbocycles. The highest BCUT2D eigenvalue weighted by Gasteiger charge is 2.43. The zero-order chi connectivity index (χ0) is 10.9. The van der Waals surface area contributed by atoms with Crippen molar-refractivity contribution in [1.29, 1.82) is 0 Å². The molecule has 0 unspecified atom stereocenters. The fraction of sp³-hybridized carbons (Fsp3) is 1.00. The smallest absolute Gasteiger partial charge is 0.0916 e. The minimum atomic E-state index is 0.963. The number of rotatable bonds is 1. The van der Waals surface area contributed by atoms with Gasteiger partial charge in [0.05, 0.1) is 26.2 Å². The van der Waals surface area contributed by atoms with E-state index in [-0.39, 0.29) is 0 Å². The van der Waals surface area contributed by atoms with Gasteiger partial charge in [-0.05, 0) is 51.4 Å². The molecule has 88 valence electrons. The first kappa shape index (κ1) is 11.4. The molecule has 0 aromatic carbocycles. The molecule has 0 aromatic rings. The summed E-state index contributed by atoms with van der Waals surface area (Å²) >= 11 is 0. The average Bonchev–Trinajstić information content (AvgIpc) is 2.43. The van der Waals surface area contributed by atoms with E-state index in [0.717, 1.165) is 18.0 Å². The van der Waals surface area contributed by atoms with Crippen LogP contribution < -0.4 is 0 Å². The van der Waals surface area contributed by atoms with Crippen LogP contribution in [0.3, 0.4) is 0 Å². The van der Waals surface area contributed by atoms with E-state index in [9.17, 15) is 0 Å². The molecule has 15 heavy (non-hydrogen) atoms. The van der Waals surface area contributed by atoms with E-state index >= 15 is 0 Å². The van der Waals surface area contributed by atoms with Crippen molar-refractivity contribution >= 4 is 0 Å². The normalized spacial score (nSPS) is 40.6. The van der Waals surface area contributed by atoms with Crippen LogP contribution in [-0.2, 0) is 0 Å². The standard InChI is InChI=1S/C14H28N/c1-4-12-8-7-10-13-9-5-6-11-14(12)15(13,2)3/h12-14H,4-11H2,1-3H3/q+1/t12-,13-,14-/m1/s1. The molecule has 0 spiro atoms. The van der Waals surface area contributed by atoms with E-state index < -0.39 is 0 Å². The van der Waals surface area contributed by atoms with Gasteiger partial charge in [-0.25, -0.2) is 0 Å². The van der Waals surface area contributed by atoms with Gasteiger partial charge in [-0.1, -0.05) is 6.92 Å². The lowest BCUT2D eigenvalue weighted by Crippen LogP contribution is -2.56. The molecule has 2 fully saturated rings. The maximum absolute atomic E-state index is 2.51. The first-order valence-corrected chi connectivity index (χ1v) is 6.99. The van der Waals surface area contributed by atoms with Crippen molar-refractivity contribution in [3.8, 4) is 0 Å². The number of hydrogen-bond acceptors (Lipinski definition) is 0. The summed E-state index contributed by atoms with van der Waals surface area (Å²) in [4.78, 5) is 0. The second kappa shape index (κ2) is 4.45. The summed E-state index contributed by atoms with van der Waals surface area (Å²) < 4.78 is 1.33. The summed E-state index contributed by atoms with van der Waals surface area (Å²) in [7, 11) is 5.02. The van der Waals surface area contributed by atoms with E-state index in [2.05, 4.69) is 21.0 Å². The largest absolute Gasteiger partial charge is 0.323 e. The molecule has 2 saturated heterocycles. The summed E-state index contributed by atoms with van der Waals surface area (Å²) in [5.74, 6) is 1.00. The third-order valence-corrected chi connectivity index (χ3v) is 5.26. The van der Waals surface area contributed by atoms with E-state index in [1.807, 2.05) is 0 Å². The summed E-state index contributed by atoms with van der Waals surface area (Å²) in [6.45, 7) is 2.40. The fourth-order valence-corrected chi connectivity index (χ4v) is 4.21. The Kier molecular flexibility index (Phi) is 3.39. The van der Waals surface area contributed by atoms with Crippen LogP contribution in [0.1, 0.15) is 58.3 Å². The molecule has 0 aromatic heterocycles. The van der Waals surface area contributed by atoms with Gasteiger partial charge in [-0.3, -0.25) is 0 Å². The maximum atomic E-state index is 2.51. The molecule has 2 rings (SSSR count). The fourth-order valence-electron chi connectivity index (χ4n) is 4.21. The van der Waals surface area contributed by atoms with Crippen LogP contribution in [0.4, 0.5) is 0 Å². The van der Waals surface area contributed by atoms with Crippen LogP contribution in [0.5, 0.6) is 0 Å². The molecule has 0 amide bonds. The van der Waals surface area contributed by atoms with Crippen LogP contribution >= 0.6 is 0 Å². The Balaban J connectivity index is 2.24. The van der Waals surface area contributed by atoms with Gasteiger partial charge in [-0.15, -0.1) is 0 Å². The zero-order valence-corrected chi connectivity index (χ0v) is 10.8. The molecule has 0 aliphatic carbocycles. The maximum Gasteiger partial charge on any atom is 0.0916 e. The molecule has 1 heteroatoms. The minimum absolute atomic E-state index is 0.963. The van der Waals surface area contributed by atoms with Crippen LogP contribution in [0.2, 0.25) is 0 Å². The van der Waals surface area contributed by atoms with Gasteiger partial charge >= 0.3 is 0 Å². The first-order chi connectivity index (χ1) is 7.16. The molecule has 1 nitrogen and oxygen atoms in total. The van der Waals surface area contributed by atoms with E-state index in [1.54, 1.807) is 0 Å². The van der Waals surface area contributed by atoms with E-state index in [0.29, 0.717) is 0 Å². The van der Waals surface area contributed by atoms with Crippen molar-refractivity contribution in [3.63, 3.8) is 0 Å². The molecule has 2 aliphatic rings. The van der Waals surface area contributed by atoms with Gasteiger partial charge in [0.15, 0.2) is 0 Å². The Morgan fingerprint density at radius 2 is 1.60 bits per heavy atom. The topological polar surface area (TPSA) is 0 Å². The lowest BCUT2D eigenvalue weighted by atomic mass is 9.88. The molecule has 3 atom stereocenters. The lowest BCUT2D eigenvalue weighted by molar-refractivity contribution is -0.940. The number of hydrogen-bond donors (Lipinski definition) is 0. The zero-order valence-electron chi connectivity index (χ0n) is 10.8. The molecule has 2 heterocycles. The van der Waals surface area contributed by atoms with Gasteiger partial charge in [0.2, 0.25) is 0 Å². The molecule has 0 N–H and O–H groups in total. The Morgan fingerprint density at radius 1 is 0.933 bits per heavy atom. The average molecular weight is 210 g/mol. The molecular formula is C14H28N+. The predicted molar refractivity (Wildman–Crippen MR) is 65.8 cm³/mol. The summed E-state index contributed by atoms with van der Waals surface area (Å²) in [5.41, 5.74) is 0. The molecule has 0 radical (unpaired) electrons. The summed E-state index contributed by atoms with van der Waals surface area (Å²) in [6.07, 6.45) is 11.8. The van der Waals surface area contributed by atoms with Crippen LogP contribution in [0.25, 0.3) is 0 Å². The number of quaternary nitrogens is 1. The summed E-state index contributed by atoms with van der Waals surface area (Å²) in [6, 6.07) is 1.93. The highest BCUT2D eigenvalue weighted by Crippen LogP contribution is 2.39. The van der Waals surface area contributed by atoms with Gasteiger partial charge in [0.1, 0.15) is 0 Å². The molecule has 2 bridgehead atoms. The minimum Gasteiger partial charge on any atom is -0.323 e. The van der Waals surface area contributed by atoms with Gasteiger partial charge < -0.3 is 4.48 Å². The van der Waals surface area contributed by atoms with Crippen LogP contribution in [0.15, 0.2) is 0 Å². The van der Waals surface area contributed by atoms with E-state index in [4.69, 9.17) is 0 Å². The van der Waals surface area contributed by atoms with Crippen molar-refractivity contribution in [2.24, 2.45) is 5.92 Å². The molecule has 2 aliphatic heterocycles. The highest BCUT2D eigenvalue weighted by atomic mass is 15.4. The quantitative estimate of drug-likeness (QED) is 0.580. The Morgan fingerprint density at radius 3 is 2.33 bits per heavy atom. The molecular weight excluding hydrogens is 182 g/mol. The van der Waals surface area contributed by atoms with Gasteiger partial charge in [0.25, 0.3) is 0 Å². The Bertz CT molecular complexity index is 209. The van der Waals surface area contributed by atoms with Crippen molar-refractivity contribution in [1.82, 2.24) is 0 Å². The van der Waals surface area contributed by atoms with E-state index in [1.165, 1.54) is 55.8 Å². The Hall–Kier alpha value is -0.0400. The lowest BCUT2D eigenvalue weighted by Gasteiger charge is -2.44. The number of nitrogens with zero attached hydrogens (tertiary/aromatic N) is 1. The third kappa shape index (κ3) is 2.08. The van der Waals surface area contributed by atoms with Crippen molar-refractivity contribution in [2.75, 3.05) is 14.1 Å². The number of fused-ring (bicyclic) bond motifs is 2. The third-order valence-electron chi connectivity index (χ3n) is 5.26. The van der Waals surface area contributed by atoms with Crippen molar-refractivity contribution < 1.29 is 4.48 Å². The SMILES string of the molecule is CC[C@@H]1CCC[C@H]2CCCC[C@H]1[N+]2(C)C. The van der Waals surface area contributed by atoms with Crippen molar-refractivity contribution in [3.05, 3.63) is 0 Å². The predicted octanol–water partition coefficient (Wildman–Crippen LogP) is 3.58. The summed E-state index contributed by atoms with van der Waals surface area (Å²) in [5, 5.41) is 0. The first-order valence-electron chi connectivity index (χ1n) is 6.99. The Labute approximate surface area is 95.4 Å². The van der Waals surface area contributed by atoms with Crippen LogP contribution in [0, 0.1) is 5.92 Å². The second-order valence-corrected chi connectivity index (χ2v) is 6.23. The monoisotopic (exact) mass is 210 g/mol. The second-order valence-electron chi connectivity index (χ2n) is 6.23. The van der Waals surface area contributed by atoms with Crippen LogP contribution in [-0.4, -0.2) is 30.7 Å². The van der Waals surface area contributed by atoms with Gasteiger partial charge in [-0.2, -0.15) is 0 Å². The van der Waals surface area contributed by atoms with Gasteiger partial charge in [0, 0.05) is 5.92 Å². The highest BCUT2D eigenvalue weighted by molar-refractivity contribution is 4.79. The van der Waals surface area contributed by atoms with Crippen molar-refractivity contribution in [2.45, 2.75) is 70.4 Å².